The van der Waals surface area contributed by atoms with E-state index in [1.807, 2.05) is 48.5 Å². The average Bonchev–Trinajstić information content (AvgIpc) is 2.51. The summed E-state index contributed by atoms with van der Waals surface area (Å²) in [7, 11) is 0. The van der Waals surface area contributed by atoms with Crippen LogP contribution in [0, 0.1) is 11.3 Å². The third-order valence-electron chi connectivity index (χ3n) is 3.19. The molecule has 2 rings (SSSR count). The Bertz CT molecular complexity index is 637. The average molecular weight is 345 g/mol. The van der Waals surface area contributed by atoms with Crippen LogP contribution in [-0.2, 0) is 6.54 Å². The zero-order valence-corrected chi connectivity index (χ0v) is 13.4. The highest BCUT2D eigenvalue weighted by Crippen LogP contribution is 2.23. The molecule has 1 atom stereocenters. The van der Waals surface area contributed by atoms with Gasteiger partial charge in [0.15, 0.2) is 6.61 Å². The molecule has 4 heteroatoms. The van der Waals surface area contributed by atoms with Crippen molar-refractivity contribution in [3.05, 3.63) is 64.1 Å². The lowest BCUT2D eigenvalue weighted by molar-refractivity contribution is 0.367. The van der Waals surface area contributed by atoms with E-state index >= 15 is 0 Å². The van der Waals surface area contributed by atoms with Crippen molar-refractivity contribution in [2.24, 2.45) is 0 Å². The number of rotatable bonds is 6. The Hall–Kier alpha value is -1.83. The molecule has 0 saturated heterocycles. The first-order valence-electron chi connectivity index (χ1n) is 6.77. The number of benzene rings is 2. The van der Waals surface area contributed by atoms with Gasteiger partial charge in [0, 0.05) is 17.1 Å². The molecule has 0 aliphatic heterocycles. The molecule has 3 nitrogen and oxygen atoms in total. The number of hydrogen-bond donors (Lipinski definition) is 1. The molecule has 1 unspecified atom stereocenters. The highest BCUT2D eigenvalue weighted by atomic mass is 79.9. The van der Waals surface area contributed by atoms with Crippen molar-refractivity contribution in [1.29, 1.82) is 5.26 Å². The van der Waals surface area contributed by atoms with E-state index in [0.717, 1.165) is 22.3 Å². The molecule has 108 valence electrons. The summed E-state index contributed by atoms with van der Waals surface area (Å²) < 4.78 is 6.42. The van der Waals surface area contributed by atoms with Crippen LogP contribution in [0.15, 0.2) is 53.0 Å². The van der Waals surface area contributed by atoms with E-state index in [9.17, 15) is 0 Å². The molecule has 2 aromatic carbocycles. The highest BCUT2D eigenvalue weighted by molar-refractivity contribution is 9.10. The Morgan fingerprint density at radius 3 is 2.81 bits per heavy atom. The summed E-state index contributed by atoms with van der Waals surface area (Å²) in [5.41, 5.74) is 2.36. The molecule has 0 bridgehead atoms. The van der Waals surface area contributed by atoms with E-state index in [4.69, 9.17) is 10.00 Å². The Labute approximate surface area is 133 Å². The first kappa shape index (κ1) is 15.6. The summed E-state index contributed by atoms with van der Waals surface area (Å²) in [5, 5.41) is 12.0. The lowest BCUT2D eigenvalue weighted by Crippen LogP contribution is -2.18. The van der Waals surface area contributed by atoms with Crippen molar-refractivity contribution in [1.82, 2.24) is 5.32 Å². The summed E-state index contributed by atoms with van der Waals surface area (Å²) in [6.45, 7) is 2.95. The van der Waals surface area contributed by atoms with Crippen molar-refractivity contribution in [2.45, 2.75) is 19.5 Å². The zero-order chi connectivity index (χ0) is 15.1. The van der Waals surface area contributed by atoms with Gasteiger partial charge >= 0.3 is 0 Å². The van der Waals surface area contributed by atoms with E-state index in [-0.39, 0.29) is 12.6 Å². The normalized spacial score (nSPS) is 11.7. The van der Waals surface area contributed by atoms with Gasteiger partial charge in [-0.05, 0) is 36.2 Å². The van der Waals surface area contributed by atoms with Crippen LogP contribution in [-0.4, -0.2) is 6.61 Å². The Morgan fingerprint density at radius 2 is 2.05 bits per heavy atom. The Balaban J connectivity index is 1.97. The second kappa shape index (κ2) is 7.82. The number of nitrogens with zero attached hydrogens (tertiary/aromatic N) is 1. The van der Waals surface area contributed by atoms with Crippen LogP contribution in [0.4, 0.5) is 0 Å². The zero-order valence-electron chi connectivity index (χ0n) is 11.8. The largest absolute Gasteiger partial charge is 0.479 e. The second-order valence-electron chi connectivity index (χ2n) is 4.72. The third-order valence-corrected chi connectivity index (χ3v) is 3.91. The molecule has 0 aliphatic rings. The lowest BCUT2D eigenvalue weighted by Gasteiger charge is -2.16. The molecule has 0 heterocycles. The molecular weight excluding hydrogens is 328 g/mol. The van der Waals surface area contributed by atoms with Gasteiger partial charge in [-0.25, -0.2) is 0 Å². The predicted octanol–water partition coefficient (Wildman–Crippen LogP) is 4.20. The van der Waals surface area contributed by atoms with Crippen LogP contribution >= 0.6 is 15.9 Å². The van der Waals surface area contributed by atoms with Gasteiger partial charge in [-0.15, -0.1) is 0 Å². The fourth-order valence-corrected chi connectivity index (χ4v) is 2.70. The van der Waals surface area contributed by atoms with E-state index in [1.54, 1.807) is 0 Å². The second-order valence-corrected chi connectivity index (χ2v) is 5.57. The monoisotopic (exact) mass is 344 g/mol. The van der Waals surface area contributed by atoms with E-state index < -0.39 is 0 Å². The van der Waals surface area contributed by atoms with Crippen LogP contribution < -0.4 is 10.1 Å². The SMILES string of the molecule is CC(NCc1cccc(OCC#N)c1)c1ccccc1Br. The van der Waals surface area contributed by atoms with Gasteiger partial charge in [0.25, 0.3) is 0 Å². The third kappa shape index (κ3) is 4.59. The van der Waals surface area contributed by atoms with Gasteiger partial charge in [-0.1, -0.05) is 46.3 Å². The topological polar surface area (TPSA) is 45.0 Å². The summed E-state index contributed by atoms with van der Waals surface area (Å²) in [4.78, 5) is 0. The molecule has 0 fully saturated rings. The highest BCUT2D eigenvalue weighted by Gasteiger charge is 2.08. The fourth-order valence-electron chi connectivity index (χ4n) is 2.07. The van der Waals surface area contributed by atoms with Crippen molar-refractivity contribution in [3.8, 4) is 11.8 Å². The number of hydrogen-bond acceptors (Lipinski definition) is 3. The number of halogens is 1. The van der Waals surface area contributed by atoms with Crippen molar-refractivity contribution in [3.63, 3.8) is 0 Å². The molecule has 0 spiro atoms. The quantitative estimate of drug-likeness (QED) is 0.853. The minimum absolute atomic E-state index is 0.0737. The maximum Gasteiger partial charge on any atom is 0.174 e. The molecule has 0 amide bonds. The van der Waals surface area contributed by atoms with Crippen molar-refractivity contribution < 1.29 is 4.74 Å². The molecule has 0 aliphatic carbocycles. The number of ether oxygens (including phenoxy) is 1. The smallest absolute Gasteiger partial charge is 0.174 e. The Kier molecular flexibility index (Phi) is 5.79. The summed E-state index contributed by atoms with van der Waals surface area (Å²) >= 11 is 3.57. The molecule has 0 radical (unpaired) electrons. The van der Waals surface area contributed by atoms with Gasteiger partial charge in [-0.2, -0.15) is 5.26 Å². The van der Waals surface area contributed by atoms with Gasteiger partial charge in [0.2, 0.25) is 0 Å². The minimum Gasteiger partial charge on any atom is -0.479 e. The first-order valence-corrected chi connectivity index (χ1v) is 7.56. The maximum absolute atomic E-state index is 8.53. The van der Waals surface area contributed by atoms with E-state index in [2.05, 4.69) is 34.2 Å². The van der Waals surface area contributed by atoms with Gasteiger partial charge in [0.1, 0.15) is 11.8 Å². The molecule has 21 heavy (non-hydrogen) atoms. The standard InChI is InChI=1S/C17H17BrN2O/c1-13(16-7-2-3-8-17(16)18)20-12-14-5-4-6-15(11-14)21-10-9-19/h2-8,11,13,20H,10,12H2,1H3. The molecule has 0 aromatic heterocycles. The molecule has 1 N–H and O–H groups in total. The van der Waals surface area contributed by atoms with E-state index in [1.165, 1.54) is 5.56 Å². The van der Waals surface area contributed by atoms with Gasteiger partial charge < -0.3 is 10.1 Å². The summed E-state index contributed by atoms with van der Waals surface area (Å²) in [5.74, 6) is 0.726. The number of nitrogens with one attached hydrogen (secondary N) is 1. The van der Waals surface area contributed by atoms with E-state index in [0.29, 0.717) is 0 Å². The first-order chi connectivity index (χ1) is 10.2. The lowest BCUT2D eigenvalue weighted by atomic mass is 10.1. The predicted molar refractivity (Wildman–Crippen MR) is 86.9 cm³/mol. The summed E-state index contributed by atoms with van der Waals surface area (Å²) in [6, 6.07) is 18.2. The van der Waals surface area contributed by atoms with Crippen LogP contribution in [0.3, 0.4) is 0 Å². The van der Waals surface area contributed by atoms with Crippen LogP contribution in [0.1, 0.15) is 24.1 Å². The minimum atomic E-state index is 0.0737. The summed E-state index contributed by atoms with van der Waals surface area (Å²) in [6.07, 6.45) is 0. The Morgan fingerprint density at radius 1 is 1.24 bits per heavy atom. The van der Waals surface area contributed by atoms with Gasteiger partial charge in [0.05, 0.1) is 0 Å². The molecule has 2 aromatic rings. The maximum atomic E-state index is 8.53. The fraction of sp³-hybridized carbons (Fsp3) is 0.235. The molecular formula is C17H17BrN2O. The van der Waals surface area contributed by atoms with Crippen molar-refractivity contribution >= 4 is 15.9 Å². The van der Waals surface area contributed by atoms with Crippen molar-refractivity contribution in [2.75, 3.05) is 6.61 Å². The molecule has 0 saturated carbocycles. The van der Waals surface area contributed by atoms with Gasteiger partial charge in [-0.3, -0.25) is 0 Å². The van der Waals surface area contributed by atoms with Crippen LogP contribution in [0.5, 0.6) is 5.75 Å². The van der Waals surface area contributed by atoms with Crippen LogP contribution in [0.25, 0.3) is 0 Å². The van der Waals surface area contributed by atoms with Crippen LogP contribution in [0.2, 0.25) is 0 Å². The number of nitriles is 1.